The molecule has 0 spiro atoms. The number of hydrogen-bond acceptors (Lipinski definition) is 4. The Labute approximate surface area is 114 Å². The summed E-state index contributed by atoms with van der Waals surface area (Å²) in [7, 11) is 0. The van der Waals surface area contributed by atoms with Gasteiger partial charge in [-0.3, -0.25) is 0 Å². The molecule has 0 radical (unpaired) electrons. The highest BCUT2D eigenvalue weighted by Crippen LogP contribution is 2.26. The molecule has 0 saturated heterocycles. The molecule has 4 heteroatoms. The number of rotatable bonds is 5. The summed E-state index contributed by atoms with van der Waals surface area (Å²) in [4.78, 5) is 0. The Kier molecular flexibility index (Phi) is 5.57. The van der Waals surface area contributed by atoms with Crippen LogP contribution in [0, 0.1) is 5.92 Å². The maximum atomic E-state index is 4.35. The van der Waals surface area contributed by atoms with E-state index >= 15 is 0 Å². The molecule has 0 amide bonds. The second kappa shape index (κ2) is 7.19. The molecule has 1 heterocycles. The van der Waals surface area contributed by atoms with E-state index in [2.05, 4.69) is 29.4 Å². The van der Waals surface area contributed by atoms with Crippen LogP contribution < -0.4 is 5.32 Å². The third kappa shape index (κ3) is 4.65. The quantitative estimate of drug-likeness (QED) is 0.829. The molecule has 1 saturated carbocycles. The third-order valence-corrected chi connectivity index (χ3v) is 4.55. The van der Waals surface area contributed by atoms with Crippen molar-refractivity contribution in [2.45, 2.75) is 71.4 Å². The Hall–Kier alpha value is -0.480. The maximum absolute atomic E-state index is 4.35. The topological polar surface area (TPSA) is 37.8 Å². The molecule has 1 aromatic rings. The van der Waals surface area contributed by atoms with Crippen molar-refractivity contribution in [2.24, 2.45) is 5.92 Å². The van der Waals surface area contributed by atoms with Crippen LogP contribution in [0.4, 0.5) is 0 Å². The van der Waals surface area contributed by atoms with Gasteiger partial charge in [0.05, 0.1) is 0 Å². The van der Waals surface area contributed by atoms with Crippen LogP contribution in [0.5, 0.6) is 0 Å². The molecule has 0 aliphatic heterocycles. The van der Waals surface area contributed by atoms with Crippen molar-refractivity contribution in [1.82, 2.24) is 15.5 Å². The van der Waals surface area contributed by atoms with Gasteiger partial charge in [0.25, 0.3) is 0 Å². The lowest BCUT2D eigenvalue weighted by atomic mass is 9.97. The highest BCUT2D eigenvalue weighted by atomic mass is 32.1. The monoisotopic (exact) mass is 267 g/mol. The van der Waals surface area contributed by atoms with Crippen molar-refractivity contribution in [1.29, 1.82) is 0 Å². The van der Waals surface area contributed by atoms with E-state index in [0.717, 1.165) is 23.9 Å². The first-order valence-corrected chi connectivity index (χ1v) is 8.10. The van der Waals surface area contributed by atoms with E-state index < -0.39 is 0 Å². The molecule has 2 rings (SSSR count). The lowest BCUT2D eigenvalue weighted by Gasteiger charge is -2.10. The van der Waals surface area contributed by atoms with E-state index in [1.165, 1.54) is 43.5 Å². The van der Waals surface area contributed by atoms with Gasteiger partial charge in [0, 0.05) is 19.0 Å². The summed E-state index contributed by atoms with van der Waals surface area (Å²) in [5.41, 5.74) is 0. The molecule has 1 aliphatic carbocycles. The summed E-state index contributed by atoms with van der Waals surface area (Å²) in [5, 5.41) is 14.4. The maximum Gasteiger partial charge on any atom is 0.131 e. The van der Waals surface area contributed by atoms with Gasteiger partial charge in [-0.15, -0.1) is 21.5 Å². The molecule has 1 aliphatic rings. The molecule has 0 unspecified atom stereocenters. The smallest absolute Gasteiger partial charge is 0.131 e. The fourth-order valence-electron chi connectivity index (χ4n) is 2.55. The minimum absolute atomic E-state index is 0.513. The Bertz CT molecular complexity index is 341. The molecule has 102 valence electrons. The van der Waals surface area contributed by atoms with Gasteiger partial charge in [-0.25, -0.2) is 0 Å². The molecule has 1 N–H and O–H groups in total. The molecule has 1 aromatic heterocycles. The highest BCUT2D eigenvalue weighted by molar-refractivity contribution is 7.11. The van der Waals surface area contributed by atoms with Crippen molar-refractivity contribution in [3.63, 3.8) is 0 Å². The van der Waals surface area contributed by atoms with Crippen molar-refractivity contribution >= 4 is 11.3 Å². The lowest BCUT2D eigenvalue weighted by Crippen LogP contribution is -2.21. The van der Waals surface area contributed by atoms with Crippen molar-refractivity contribution in [3.8, 4) is 0 Å². The Morgan fingerprint density at radius 3 is 2.44 bits per heavy atom. The predicted molar refractivity (Wildman–Crippen MR) is 76.8 cm³/mol. The third-order valence-electron chi connectivity index (χ3n) is 3.61. The van der Waals surface area contributed by atoms with Crippen LogP contribution in [-0.2, 0) is 13.0 Å². The minimum atomic E-state index is 0.513. The average molecular weight is 267 g/mol. The molecular weight excluding hydrogens is 242 g/mol. The van der Waals surface area contributed by atoms with Crippen LogP contribution in [0.3, 0.4) is 0 Å². The van der Waals surface area contributed by atoms with E-state index in [4.69, 9.17) is 0 Å². The highest BCUT2D eigenvalue weighted by Gasteiger charge is 2.15. The molecular formula is C14H25N3S. The number of nitrogens with one attached hydrogen (secondary N) is 1. The molecule has 18 heavy (non-hydrogen) atoms. The summed E-state index contributed by atoms with van der Waals surface area (Å²) in [5.74, 6) is 0.853. The summed E-state index contributed by atoms with van der Waals surface area (Å²) < 4.78 is 0. The number of hydrogen-bond donors (Lipinski definition) is 1. The first kappa shape index (κ1) is 13.9. The van der Waals surface area contributed by atoms with E-state index in [1.807, 2.05) is 0 Å². The van der Waals surface area contributed by atoms with Gasteiger partial charge in [-0.05, 0) is 5.92 Å². The van der Waals surface area contributed by atoms with E-state index in [1.54, 1.807) is 11.3 Å². The standard InChI is InChI=1S/C14H25N3S/c1-11(2)15-10-14-17-16-13(18-14)9-12-7-5-3-4-6-8-12/h11-12,15H,3-10H2,1-2H3. The van der Waals surface area contributed by atoms with Crippen molar-refractivity contribution in [2.75, 3.05) is 0 Å². The van der Waals surface area contributed by atoms with Gasteiger partial charge in [0.2, 0.25) is 0 Å². The Balaban J connectivity index is 1.81. The fourth-order valence-corrected chi connectivity index (χ4v) is 3.46. The summed E-state index contributed by atoms with van der Waals surface area (Å²) in [6.07, 6.45) is 9.60. The normalized spacial score (nSPS) is 18.2. The van der Waals surface area contributed by atoms with Gasteiger partial charge in [0.15, 0.2) is 0 Å². The van der Waals surface area contributed by atoms with Gasteiger partial charge in [-0.1, -0.05) is 52.4 Å². The van der Waals surface area contributed by atoms with Crippen LogP contribution in [0.2, 0.25) is 0 Å². The average Bonchev–Trinajstić information content (AvgIpc) is 2.62. The van der Waals surface area contributed by atoms with Crippen LogP contribution >= 0.6 is 11.3 Å². The number of nitrogens with zero attached hydrogens (tertiary/aromatic N) is 2. The molecule has 3 nitrogen and oxygen atoms in total. The second-order valence-corrected chi connectivity index (χ2v) is 6.83. The first-order valence-electron chi connectivity index (χ1n) is 7.28. The Morgan fingerprint density at radius 1 is 1.11 bits per heavy atom. The zero-order chi connectivity index (χ0) is 12.8. The molecule has 0 aromatic carbocycles. The fraction of sp³-hybridized carbons (Fsp3) is 0.857. The molecule has 1 fully saturated rings. The van der Waals surface area contributed by atoms with Crippen LogP contribution in [0.1, 0.15) is 62.4 Å². The van der Waals surface area contributed by atoms with E-state index in [0.29, 0.717) is 6.04 Å². The largest absolute Gasteiger partial charge is 0.308 e. The SMILES string of the molecule is CC(C)NCc1nnc(CC2CCCCCC2)s1. The zero-order valence-corrected chi connectivity index (χ0v) is 12.4. The van der Waals surface area contributed by atoms with Crippen LogP contribution in [0.15, 0.2) is 0 Å². The lowest BCUT2D eigenvalue weighted by molar-refractivity contribution is 0.456. The van der Waals surface area contributed by atoms with Gasteiger partial charge in [-0.2, -0.15) is 0 Å². The van der Waals surface area contributed by atoms with Crippen LogP contribution in [0.25, 0.3) is 0 Å². The van der Waals surface area contributed by atoms with Gasteiger partial charge in [0.1, 0.15) is 10.0 Å². The van der Waals surface area contributed by atoms with E-state index in [9.17, 15) is 0 Å². The van der Waals surface area contributed by atoms with Crippen molar-refractivity contribution < 1.29 is 0 Å². The van der Waals surface area contributed by atoms with Gasteiger partial charge >= 0.3 is 0 Å². The summed E-state index contributed by atoms with van der Waals surface area (Å²) in [6, 6.07) is 0.513. The van der Waals surface area contributed by atoms with Crippen molar-refractivity contribution in [3.05, 3.63) is 10.0 Å². The summed E-state index contributed by atoms with van der Waals surface area (Å²) in [6.45, 7) is 5.18. The Morgan fingerprint density at radius 2 is 1.78 bits per heavy atom. The zero-order valence-electron chi connectivity index (χ0n) is 11.6. The predicted octanol–water partition coefficient (Wildman–Crippen LogP) is 3.55. The summed E-state index contributed by atoms with van der Waals surface area (Å²) >= 11 is 1.79. The van der Waals surface area contributed by atoms with E-state index in [-0.39, 0.29) is 0 Å². The van der Waals surface area contributed by atoms with Crippen LogP contribution in [-0.4, -0.2) is 16.2 Å². The molecule has 0 atom stereocenters. The van der Waals surface area contributed by atoms with Gasteiger partial charge < -0.3 is 5.32 Å². The second-order valence-electron chi connectivity index (χ2n) is 5.69. The minimum Gasteiger partial charge on any atom is -0.308 e. The first-order chi connectivity index (χ1) is 8.74. The number of aromatic nitrogens is 2. The molecule has 0 bridgehead atoms.